The smallest absolute Gasteiger partial charge is 0.257 e. The number of carbonyl (C=O) groups is 1. The van der Waals surface area contributed by atoms with Gasteiger partial charge in [0.1, 0.15) is 5.82 Å². The van der Waals surface area contributed by atoms with Crippen LogP contribution in [0.1, 0.15) is 40.3 Å². The molecule has 0 N–H and O–H groups in total. The van der Waals surface area contributed by atoms with Crippen molar-refractivity contribution >= 4 is 17.3 Å². The first-order valence-electron chi connectivity index (χ1n) is 12.6. The molecule has 0 saturated carbocycles. The normalized spacial score (nSPS) is 18.4. The number of rotatable bonds is 5. The molecule has 1 fully saturated rings. The molecule has 1 unspecified atom stereocenters. The molecule has 0 aromatic heterocycles. The molecule has 3 aromatic carbocycles. The summed E-state index contributed by atoms with van der Waals surface area (Å²) in [7, 11) is 0. The molecule has 1 amide bonds. The van der Waals surface area contributed by atoms with Gasteiger partial charge in [0.25, 0.3) is 5.91 Å². The lowest BCUT2D eigenvalue weighted by Crippen LogP contribution is -2.49. The summed E-state index contributed by atoms with van der Waals surface area (Å²) < 4.78 is 14.2. The number of benzene rings is 3. The summed E-state index contributed by atoms with van der Waals surface area (Å²) in [5, 5.41) is 6.59. The van der Waals surface area contributed by atoms with Gasteiger partial charge in [-0.1, -0.05) is 65.7 Å². The van der Waals surface area contributed by atoms with Crippen LogP contribution in [0.25, 0.3) is 0 Å². The van der Waals surface area contributed by atoms with E-state index in [1.54, 1.807) is 11.1 Å². The fraction of sp³-hybridized carbons (Fsp3) is 0.333. The van der Waals surface area contributed by atoms with Crippen molar-refractivity contribution in [1.82, 2.24) is 9.91 Å². The molecule has 5 rings (SSSR count). The number of hydrazone groups is 1. The van der Waals surface area contributed by atoms with Crippen LogP contribution < -0.4 is 4.90 Å². The van der Waals surface area contributed by atoms with Crippen molar-refractivity contribution < 1.29 is 9.18 Å². The zero-order valence-corrected chi connectivity index (χ0v) is 21.2. The average molecular weight is 485 g/mol. The van der Waals surface area contributed by atoms with Crippen LogP contribution in [-0.2, 0) is 4.79 Å². The van der Waals surface area contributed by atoms with Crippen LogP contribution in [0.3, 0.4) is 0 Å². The van der Waals surface area contributed by atoms with E-state index in [4.69, 9.17) is 5.10 Å². The topological polar surface area (TPSA) is 39.2 Å². The Morgan fingerprint density at radius 2 is 1.67 bits per heavy atom. The van der Waals surface area contributed by atoms with Gasteiger partial charge in [-0.2, -0.15) is 5.10 Å². The van der Waals surface area contributed by atoms with Crippen LogP contribution in [0.4, 0.5) is 10.1 Å². The molecule has 2 aliphatic heterocycles. The second-order valence-corrected chi connectivity index (χ2v) is 9.95. The zero-order valence-electron chi connectivity index (χ0n) is 21.2. The van der Waals surface area contributed by atoms with Crippen molar-refractivity contribution in [3.05, 3.63) is 100 Å². The lowest BCUT2D eigenvalue weighted by Gasteiger charge is -2.36. The molecule has 0 radical (unpaired) electrons. The summed E-state index contributed by atoms with van der Waals surface area (Å²) in [5.74, 6) is -0.198. The molecule has 0 aliphatic carbocycles. The van der Waals surface area contributed by atoms with Crippen molar-refractivity contribution in [1.29, 1.82) is 0 Å². The van der Waals surface area contributed by atoms with Crippen LogP contribution >= 0.6 is 0 Å². The van der Waals surface area contributed by atoms with Gasteiger partial charge in [-0.15, -0.1) is 0 Å². The third kappa shape index (κ3) is 5.05. The number of piperazine rings is 1. The Bertz CT molecular complexity index is 1300. The highest BCUT2D eigenvalue weighted by Gasteiger charge is 2.35. The zero-order chi connectivity index (χ0) is 25.2. The van der Waals surface area contributed by atoms with E-state index in [0.29, 0.717) is 44.8 Å². The lowest BCUT2D eigenvalue weighted by atomic mass is 9.93. The monoisotopic (exact) mass is 484 g/mol. The van der Waals surface area contributed by atoms with Crippen LogP contribution in [0, 0.1) is 26.6 Å². The molecular weight excluding hydrogens is 451 g/mol. The number of para-hydroxylation sites is 1. The molecule has 186 valence electrons. The van der Waals surface area contributed by atoms with E-state index in [0.717, 1.165) is 16.8 Å². The number of amides is 1. The fourth-order valence-corrected chi connectivity index (χ4v) is 5.22. The van der Waals surface area contributed by atoms with Crippen LogP contribution in [0.15, 0.2) is 71.8 Å². The summed E-state index contributed by atoms with van der Waals surface area (Å²) in [6.45, 7) is 9.35. The fourth-order valence-electron chi connectivity index (χ4n) is 5.22. The van der Waals surface area contributed by atoms with E-state index in [-0.39, 0.29) is 17.8 Å². The quantitative estimate of drug-likeness (QED) is 0.497. The standard InChI is InChI=1S/C30H33FN4O/c1-21-7-6-8-24(17-21)27-19-29(25-18-22(2)11-12-23(25)3)35(32-27)30(36)20-33-13-15-34(16-14-33)28-10-5-4-9-26(28)31/h4-12,17-18,29H,13-16,19-20H2,1-3H3. The largest absolute Gasteiger partial charge is 0.367 e. The minimum Gasteiger partial charge on any atom is -0.367 e. The molecule has 5 nitrogen and oxygen atoms in total. The molecule has 2 heterocycles. The van der Waals surface area contributed by atoms with Crippen LogP contribution in [0.5, 0.6) is 0 Å². The Morgan fingerprint density at radius 1 is 0.917 bits per heavy atom. The molecule has 2 aliphatic rings. The highest BCUT2D eigenvalue weighted by molar-refractivity contribution is 6.03. The van der Waals surface area contributed by atoms with E-state index in [2.05, 4.69) is 67.0 Å². The summed E-state index contributed by atoms with van der Waals surface area (Å²) >= 11 is 0. The van der Waals surface area contributed by atoms with E-state index >= 15 is 0 Å². The summed E-state index contributed by atoms with van der Waals surface area (Å²) in [4.78, 5) is 17.9. The van der Waals surface area contributed by atoms with Gasteiger partial charge in [0.15, 0.2) is 0 Å². The predicted molar refractivity (Wildman–Crippen MR) is 143 cm³/mol. The lowest BCUT2D eigenvalue weighted by molar-refractivity contribution is -0.134. The summed E-state index contributed by atoms with van der Waals surface area (Å²) in [5.41, 5.74) is 7.32. The summed E-state index contributed by atoms with van der Waals surface area (Å²) in [6.07, 6.45) is 0.695. The number of carbonyl (C=O) groups excluding carboxylic acids is 1. The van der Waals surface area contributed by atoms with Crippen molar-refractivity contribution in [2.45, 2.75) is 33.2 Å². The molecule has 1 atom stereocenters. The maximum Gasteiger partial charge on any atom is 0.257 e. The first-order valence-corrected chi connectivity index (χ1v) is 12.6. The third-order valence-corrected chi connectivity index (χ3v) is 7.24. The Morgan fingerprint density at radius 3 is 2.42 bits per heavy atom. The van der Waals surface area contributed by atoms with E-state index < -0.39 is 0 Å². The molecule has 6 heteroatoms. The van der Waals surface area contributed by atoms with Crippen molar-refractivity contribution in [2.24, 2.45) is 5.10 Å². The average Bonchev–Trinajstić information content (AvgIpc) is 3.32. The van der Waals surface area contributed by atoms with Gasteiger partial charge in [-0.05, 0) is 49.6 Å². The molecule has 36 heavy (non-hydrogen) atoms. The number of aryl methyl sites for hydroxylation is 3. The van der Waals surface area contributed by atoms with Gasteiger partial charge in [0.05, 0.1) is 24.0 Å². The Kier molecular flexibility index (Phi) is 6.88. The van der Waals surface area contributed by atoms with Gasteiger partial charge in [-0.3, -0.25) is 9.69 Å². The third-order valence-electron chi connectivity index (χ3n) is 7.24. The molecule has 3 aromatic rings. The SMILES string of the molecule is Cc1cccc(C2=NN(C(=O)CN3CCN(c4ccccc4F)CC3)C(c3cc(C)ccc3C)C2)c1. The van der Waals surface area contributed by atoms with Crippen LogP contribution in [-0.4, -0.2) is 54.3 Å². The van der Waals surface area contributed by atoms with Gasteiger partial charge in [-0.25, -0.2) is 9.40 Å². The highest BCUT2D eigenvalue weighted by Crippen LogP contribution is 2.35. The minimum absolute atomic E-state index is 0.00269. The summed E-state index contributed by atoms with van der Waals surface area (Å²) in [6, 6.07) is 21.5. The second-order valence-electron chi connectivity index (χ2n) is 9.95. The van der Waals surface area contributed by atoms with E-state index in [1.165, 1.54) is 22.8 Å². The number of hydrogen-bond donors (Lipinski definition) is 0. The molecule has 1 saturated heterocycles. The highest BCUT2D eigenvalue weighted by atomic mass is 19.1. The first kappa shape index (κ1) is 24.2. The molecule has 0 spiro atoms. The number of halogens is 1. The van der Waals surface area contributed by atoms with Crippen molar-refractivity contribution in [3.63, 3.8) is 0 Å². The van der Waals surface area contributed by atoms with E-state index in [9.17, 15) is 9.18 Å². The number of anilines is 1. The molecule has 0 bridgehead atoms. The second kappa shape index (κ2) is 10.2. The van der Waals surface area contributed by atoms with Gasteiger partial charge >= 0.3 is 0 Å². The van der Waals surface area contributed by atoms with Gasteiger partial charge < -0.3 is 4.90 Å². The van der Waals surface area contributed by atoms with Gasteiger partial charge in [0.2, 0.25) is 0 Å². The number of nitrogens with zero attached hydrogens (tertiary/aromatic N) is 4. The first-order chi connectivity index (χ1) is 17.4. The molecular formula is C30H33FN4O. The number of hydrogen-bond acceptors (Lipinski definition) is 4. The van der Waals surface area contributed by atoms with Crippen molar-refractivity contribution in [2.75, 3.05) is 37.6 Å². The van der Waals surface area contributed by atoms with Crippen molar-refractivity contribution in [3.8, 4) is 0 Å². The maximum atomic E-state index is 14.2. The van der Waals surface area contributed by atoms with Crippen LogP contribution in [0.2, 0.25) is 0 Å². The van der Waals surface area contributed by atoms with E-state index in [1.807, 2.05) is 18.2 Å². The predicted octanol–water partition coefficient (Wildman–Crippen LogP) is 5.25. The minimum atomic E-state index is -0.200. The Balaban J connectivity index is 1.34. The maximum absolute atomic E-state index is 14.2. The van der Waals surface area contributed by atoms with Gasteiger partial charge in [0, 0.05) is 32.6 Å². The Labute approximate surface area is 212 Å². The Hall–Kier alpha value is -3.51.